The Morgan fingerprint density at radius 3 is 2.31 bits per heavy atom. The first-order chi connectivity index (χ1) is 16.8. The molecule has 1 amide bonds. The van der Waals surface area contributed by atoms with E-state index >= 15 is 0 Å². The number of aromatic nitrogens is 2. The number of allylic oxidation sites excluding steroid dienone is 1. The van der Waals surface area contributed by atoms with Gasteiger partial charge in [0.1, 0.15) is 23.0 Å². The number of fused-ring (bicyclic) bond motifs is 1. The fraction of sp³-hybridized carbons (Fsp3) is 0.333. The average Bonchev–Trinajstić information content (AvgIpc) is 3.16. The minimum Gasteiger partial charge on any atom is -0.497 e. The monoisotopic (exact) mass is 490 g/mol. The van der Waals surface area contributed by atoms with Crippen molar-refractivity contribution in [2.24, 2.45) is 0 Å². The minimum atomic E-state index is -0.753. The summed E-state index contributed by atoms with van der Waals surface area (Å²) in [5.74, 6) is 0.533. The lowest BCUT2D eigenvalue weighted by Gasteiger charge is -2.21. The molecule has 3 aromatic rings. The number of ether oxygens (including phenoxy) is 3. The van der Waals surface area contributed by atoms with Crippen LogP contribution in [-0.2, 0) is 9.47 Å². The summed E-state index contributed by atoms with van der Waals surface area (Å²) in [5.41, 5.74) is 0.203. The number of carbonyl (C=O) groups excluding carboxylic acids is 2. The molecule has 1 aromatic carbocycles. The fourth-order valence-corrected chi connectivity index (χ4v) is 3.44. The maximum atomic E-state index is 13.0. The Labute approximate surface area is 210 Å². The van der Waals surface area contributed by atoms with E-state index in [1.165, 1.54) is 24.1 Å². The van der Waals surface area contributed by atoms with Gasteiger partial charge in [0.15, 0.2) is 0 Å². The molecule has 3 rings (SSSR count). The number of alkyl carbamates (subject to hydrolysis) is 1. The summed E-state index contributed by atoms with van der Waals surface area (Å²) in [5, 5.41) is 13.6. The maximum absolute atomic E-state index is 13.0. The standard InChI is InChI=1S/C27H30N4O5/c1-26(2,3)35-24(32)30-23(17-9-8-12-29-15-17)20(14-28)21-16-31(25(33)36-27(4,5)6)22-11-10-18(34-7)13-19(21)22/h8-13,15-16H,1-7H3,(H,30,32)/b23-20-. The van der Waals surface area contributed by atoms with Crippen LogP contribution in [0, 0.1) is 11.3 Å². The molecule has 0 unspecified atom stereocenters. The molecule has 9 heteroatoms. The second-order valence-corrected chi connectivity index (χ2v) is 10.0. The van der Waals surface area contributed by atoms with Crippen LogP contribution in [0.1, 0.15) is 52.7 Å². The van der Waals surface area contributed by atoms with Crippen molar-refractivity contribution in [3.05, 3.63) is 60.0 Å². The molecule has 0 bridgehead atoms. The molecule has 2 aromatic heterocycles. The molecule has 0 fully saturated rings. The highest BCUT2D eigenvalue weighted by atomic mass is 16.6. The molecule has 0 saturated heterocycles. The molecule has 0 spiro atoms. The van der Waals surface area contributed by atoms with E-state index in [0.717, 1.165) is 0 Å². The number of amides is 1. The van der Waals surface area contributed by atoms with Crippen molar-refractivity contribution >= 4 is 34.4 Å². The van der Waals surface area contributed by atoms with Gasteiger partial charge in [0, 0.05) is 35.1 Å². The third-order valence-electron chi connectivity index (χ3n) is 4.81. The lowest BCUT2D eigenvalue weighted by Crippen LogP contribution is -2.32. The van der Waals surface area contributed by atoms with Gasteiger partial charge in [-0.3, -0.25) is 14.9 Å². The van der Waals surface area contributed by atoms with Crippen molar-refractivity contribution < 1.29 is 23.8 Å². The number of nitrogens with one attached hydrogen (secondary N) is 1. The topological polar surface area (TPSA) is 115 Å². The molecule has 0 saturated carbocycles. The number of methoxy groups -OCH3 is 1. The molecule has 2 heterocycles. The summed E-state index contributed by atoms with van der Waals surface area (Å²) < 4.78 is 17.7. The molecule has 9 nitrogen and oxygen atoms in total. The molecule has 0 aliphatic heterocycles. The van der Waals surface area contributed by atoms with Crippen molar-refractivity contribution in [1.29, 1.82) is 5.26 Å². The number of rotatable bonds is 4. The molecular formula is C27H30N4O5. The molecule has 0 atom stereocenters. The van der Waals surface area contributed by atoms with Crippen molar-refractivity contribution in [3.63, 3.8) is 0 Å². The lowest BCUT2D eigenvalue weighted by atomic mass is 10.0. The fourth-order valence-electron chi connectivity index (χ4n) is 3.44. The van der Waals surface area contributed by atoms with Gasteiger partial charge in [0.05, 0.1) is 23.9 Å². The van der Waals surface area contributed by atoms with Crippen LogP contribution in [0.4, 0.5) is 9.59 Å². The maximum Gasteiger partial charge on any atom is 0.419 e. The van der Waals surface area contributed by atoms with E-state index in [2.05, 4.69) is 16.4 Å². The third kappa shape index (κ3) is 6.21. The van der Waals surface area contributed by atoms with Gasteiger partial charge in [-0.05, 0) is 71.9 Å². The van der Waals surface area contributed by atoms with E-state index in [4.69, 9.17) is 14.2 Å². The van der Waals surface area contributed by atoms with E-state index < -0.39 is 23.4 Å². The van der Waals surface area contributed by atoms with Crippen LogP contribution in [0.3, 0.4) is 0 Å². The van der Waals surface area contributed by atoms with E-state index in [9.17, 15) is 14.9 Å². The van der Waals surface area contributed by atoms with E-state index in [1.54, 1.807) is 78.1 Å². The quantitative estimate of drug-likeness (QED) is 0.463. The van der Waals surface area contributed by atoms with Gasteiger partial charge in [-0.1, -0.05) is 0 Å². The number of benzene rings is 1. The predicted molar refractivity (Wildman–Crippen MR) is 136 cm³/mol. The number of hydrogen-bond donors (Lipinski definition) is 1. The highest BCUT2D eigenvalue weighted by molar-refractivity contribution is 6.08. The number of carbonyl (C=O) groups is 2. The van der Waals surface area contributed by atoms with Crippen molar-refractivity contribution in [3.8, 4) is 11.8 Å². The highest BCUT2D eigenvalue weighted by Crippen LogP contribution is 2.34. The summed E-state index contributed by atoms with van der Waals surface area (Å²) in [4.78, 5) is 29.9. The Kier molecular flexibility index (Phi) is 7.39. The second kappa shape index (κ2) is 10.1. The zero-order valence-electron chi connectivity index (χ0n) is 21.5. The van der Waals surface area contributed by atoms with Gasteiger partial charge >= 0.3 is 12.2 Å². The normalized spacial score (nSPS) is 12.4. The zero-order chi connectivity index (χ0) is 26.7. The van der Waals surface area contributed by atoms with Crippen LogP contribution >= 0.6 is 0 Å². The number of nitriles is 1. The first kappa shape index (κ1) is 26.3. The van der Waals surface area contributed by atoms with Crippen LogP contribution in [0.25, 0.3) is 22.2 Å². The van der Waals surface area contributed by atoms with Gasteiger partial charge in [0.2, 0.25) is 0 Å². The Hall–Kier alpha value is -4.32. The zero-order valence-corrected chi connectivity index (χ0v) is 21.5. The largest absolute Gasteiger partial charge is 0.497 e. The smallest absolute Gasteiger partial charge is 0.419 e. The van der Waals surface area contributed by atoms with Crippen LogP contribution in [-0.4, -0.2) is 40.0 Å². The van der Waals surface area contributed by atoms with E-state index in [-0.39, 0.29) is 11.3 Å². The van der Waals surface area contributed by atoms with Gasteiger partial charge < -0.3 is 14.2 Å². The lowest BCUT2D eigenvalue weighted by molar-refractivity contribution is 0.0537. The van der Waals surface area contributed by atoms with Gasteiger partial charge in [-0.25, -0.2) is 9.59 Å². The summed E-state index contributed by atoms with van der Waals surface area (Å²) >= 11 is 0. The summed E-state index contributed by atoms with van der Waals surface area (Å²) in [7, 11) is 1.53. The van der Waals surface area contributed by atoms with E-state index in [1.807, 2.05) is 0 Å². The molecule has 188 valence electrons. The Morgan fingerprint density at radius 2 is 1.75 bits per heavy atom. The second-order valence-electron chi connectivity index (χ2n) is 10.0. The molecule has 36 heavy (non-hydrogen) atoms. The van der Waals surface area contributed by atoms with Crippen LogP contribution in [0.15, 0.2) is 48.9 Å². The minimum absolute atomic E-state index is 0.106. The number of nitrogens with zero attached hydrogens (tertiary/aromatic N) is 3. The number of pyridine rings is 1. The van der Waals surface area contributed by atoms with E-state index in [0.29, 0.717) is 27.8 Å². The summed E-state index contributed by atoms with van der Waals surface area (Å²) in [6.07, 6.45) is 3.29. The number of hydrogen-bond acceptors (Lipinski definition) is 7. The molecule has 0 radical (unpaired) electrons. The van der Waals surface area contributed by atoms with Crippen molar-refractivity contribution in [2.45, 2.75) is 52.7 Å². The van der Waals surface area contributed by atoms with Crippen LogP contribution < -0.4 is 10.1 Å². The molecule has 0 aliphatic rings. The molecule has 0 aliphatic carbocycles. The predicted octanol–water partition coefficient (Wildman–Crippen LogP) is 5.74. The SMILES string of the molecule is COc1ccc2c(c1)c(/C(C#N)=C(\NC(=O)OC(C)(C)C)c1cccnc1)cn2C(=O)OC(C)(C)C. The van der Waals surface area contributed by atoms with Crippen LogP contribution in [0.5, 0.6) is 5.75 Å². The van der Waals surface area contributed by atoms with Crippen molar-refractivity contribution in [2.75, 3.05) is 7.11 Å². The van der Waals surface area contributed by atoms with Gasteiger partial charge in [-0.15, -0.1) is 0 Å². The molecule has 1 N–H and O–H groups in total. The Balaban J connectivity index is 2.29. The first-order valence-corrected chi connectivity index (χ1v) is 11.3. The Morgan fingerprint density at radius 1 is 1.06 bits per heavy atom. The van der Waals surface area contributed by atoms with Gasteiger partial charge in [-0.2, -0.15) is 5.26 Å². The van der Waals surface area contributed by atoms with Crippen molar-refractivity contribution in [1.82, 2.24) is 14.9 Å². The highest BCUT2D eigenvalue weighted by Gasteiger charge is 2.25. The summed E-state index contributed by atoms with van der Waals surface area (Å²) in [6, 6.07) is 10.7. The third-order valence-corrected chi connectivity index (χ3v) is 4.81. The Bertz CT molecular complexity index is 1350. The molecular weight excluding hydrogens is 460 g/mol. The average molecular weight is 491 g/mol. The van der Waals surface area contributed by atoms with Gasteiger partial charge in [0.25, 0.3) is 0 Å². The first-order valence-electron chi connectivity index (χ1n) is 11.3. The van der Waals surface area contributed by atoms with Crippen LogP contribution in [0.2, 0.25) is 0 Å². The summed E-state index contributed by atoms with van der Waals surface area (Å²) in [6.45, 7) is 10.5.